The molecule has 106 valence electrons. The van der Waals surface area contributed by atoms with Gasteiger partial charge in [-0.1, -0.05) is 31.5 Å². The van der Waals surface area contributed by atoms with E-state index in [0.29, 0.717) is 5.92 Å². The third-order valence-corrected chi connectivity index (χ3v) is 4.00. The highest BCUT2D eigenvalue weighted by Gasteiger charge is 2.30. The van der Waals surface area contributed by atoms with Gasteiger partial charge in [-0.25, -0.2) is 0 Å². The van der Waals surface area contributed by atoms with Crippen molar-refractivity contribution in [3.63, 3.8) is 0 Å². The summed E-state index contributed by atoms with van der Waals surface area (Å²) in [7, 11) is 0. The van der Waals surface area contributed by atoms with Crippen LogP contribution in [0.15, 0.2) is 24.3 Å². The quantitative estimate of drug-likeness (QED) is 0.631. The summed E-state index contributed by atoms with van der Waals surface area (Å²) in [5.41, 5.74) is 4.21. The lowest BCUT2D eigenvalue weighted by Gasteiger charge is -2.26. The minimum Gasteiger partial charge on any atom is -0.491 e. The van der Waals surface area contributed by atoms with Crippen molar-refractivity contribution in [2.75, 3.05) is 0 Å². The summed E-state index contributed by atoms with van der Waals surface area (Å²) in [6.45, 7) is 6.43. The van der Waals surface area contributed by atoms with Crippen LogP contribution in [0.3, 0.4) is 0 Å². The van der Waals surface area contributed by atoms with E-state index < -0.39 is 0 Å². The number of nitrogens with two attached hydrogens (primary N) is 1. The first-order chi connectivity index (χ1) is 9.11. The molecule has 1 aliphatic carbocycles. The summed E-state index contributed by atoms with van der Waals surface area (Å²) >= 11 is 0. The molecule has 0 heterocycles. The van der Waals surface area contributed by atoms with Crippen LogP contribution < -0.4 is 16.0 Å². The number of nitrogens with one attached hydrogen (secondary N) is 1. The third-order valence-electron chi connectivity index (χ3n) is 4.00. The zero-order valence-electron chi connectivity index (χ0n) is 12.2. The second kappa shape index (κ2) is 6.40. The Morgan fingerprint density at radius 2 is 2.00 bits per heavy atom. The molecule has 1 saturated carbocycles. The molecular weight excluding hydrogens is 236 g/mol. The van der Waals surface area contributed by atoms with Gasteiger partial charge in [-0.3, -0.25) is 11.3 Å². The first-order valence-electron chi connectivity index (χ1n) is 7.33. The van der Waals surface area contributed by atoms with Crippen molar-refractivity contribution in [3.05, 3.63) is 29.8 Å². The Morgan fingerprint density at radius 3 is 2.58 bits per heavy atom. The van der Waals surface area contributed by atoms with E-state index in [9.17, 15) is 0 Å². The van der Waals surface area contributed by atoms with E-state index in [1.165, 1.54) is 24.8 Å². The third kappa shape index (κ3) is 3.48. The second-order valence-corrected chi connectivity index (χ2v) is 6.03. The fourth-order valence-corrected chi connectivity index (χ4v) is 3.13. The fourth-order valence-electron chi connectivity index (χ4n) is 3.13. The van der Waals surface area contributed by atoms with Crippen molar-refractivity contribution in [1.29, 1.82) is 0 Å². The Balaban J connectivity index is 2.22. The Morgan fingerprint density at radius 1 is 1.26 bits per heavy atom. The molecule has 3 atom stereocenters. The molecule has 0 bridgehead atoms. The topological polar surface area (TPSA) is 47.3 Å². The molecule has 1 fully saturated rings. The predicted molar refractivity (Wildman–Crippen MR) is 78.8 cm³/mol. The number of benzene rings is 1. The Bertz CT molecular complexity index is 405. The van der Waals surface area contributed by atoms with Crippen LogP contribution >= 0.6 is 0 Å². The van der Waals surface area contributed by atoms with Gasteiger partial charge < -0.3 is 4.74 Å². The van der Waals surface area contributed by atoms with Crippen LogP contribution in [0.5, 0.6) is 5.75 Å². The molecule has 2 rings (SSSR count). The van der Waals surface area contributed by atoms with Gasteiger partial charge in [0.25, 0.3) is 0 Å². The molecular formula is C16H26N2O. The minimum absolute atomic E-state index is 0.182. The number of para-hydroxylation sites is 1. The van der Waals surface area contributed by atoms with Crippen molar-refractivity contribution in [3.8, 4) is 5.75 Å². The number of hydrogen-bond acceptors (Lipinski definition) is 3. The Hall–Kier alpha value is -1.06. The molecule has 0 aliphatic heterocycles. The molecule has 1 aromatic rings. The summed E-state index contributed by atoms with van der Waals surface area (Å²) in [6, 6.07) is 8.44. The van der Waals surface area contributed by atoms with E-state index in [1.807, 2.05) is 12.1 Å². The highest BCUT2D eigenvalue weighted by atomic mass is 16.5. The van der Waals surface area contributed by atoms with E-state index >= 15 is 0 Å². The highest BCUT2D eigenvalue weighted by molar-refractivity contribution is 5.36. The maximum atomic E-state index is 5.92. The predicted octanol–water partition coefficient (Wildman–Crippen LogP) is 3.41. The molecule has 0 aromatic heterocycles. The van der Waals surface area contributed by atoms with E-state index in [1.54, 1.807) is 0 Å². The lowest BCUT2D eigenvalue weighted by molar-refractivity contribution is 0.233. The normalized spacial score (nSPS) is 24.7. The van der Waals surface area contributed by atoms with Gasteiger partial charge in [0.05, 0.1) is 12.1 Å². The number of hydrazine groups is 1. The van der Waals surface area contributed by atoms with Crippen LogP contribution in [0.25, 0.3) is 0 Å². The lowest BCUT2D eigenvalue weighted by atomic mass is 9.91. The maximum absolute atomic E-state index is 5.92. The summed E-state index contributed by atoms with van der Waals surface area (Å²) < 4.78 is 5.92. The van der Waals surface area contributed by atoms with Crippen LogP contribution in [0.2, 0.25) is 0 Å². The minimum atomic E-state index is 0.182. The average Bonchev–Trinajstić information content (AvgIpc) is 2.78. The Kier molecular flexibility index (Phi) is 4.83. The molecule has 19 heavy (non-hydrogen) atoms. The van der Waals surface area contributed by atoms with Crippen molar-refractivity contribution in [2.24, 2.45) is 17.7 Å². The van der Waals surface area contributed by atoms with Crippen LogP contribution in [-0.4, -0.2) is 6.10 Å². The number of rotatable bonds is 5. The number of ether oxygens (including phenoxy) is 1. The molecule has 1 aliphatic rings. The summed E-state index contributed by atoms with van der Waals surface area (Å²) in [6.07, 6.45) is 3.97. The molecule has 0 amide bonds. The lowest BCUT2D eigenvalue weighted by Crippen LogP contribution is -2.33. The molecule has 1 aromatic carbocycles. The van der Waals surface area contributed by atoms with Crippen molar-refractivity contribution in [2.45, 2.75) is 52.2 Å². The van der Waals surface area contributed by atoms with Gasteiger partial charge in [-0.2, -0.15) is 0 Å². The molecule has 3 unspecified atom stereocenters. The summed E-state index contributed by atoms with van der Waals surface area (Å²) in [4.78, 5) is 0. The molecule has 3 N–H and O–H groups in total. The standard InChI is InChI=1S/C16H26N2O/c1-11(2)19-15-7-5-4-6-14(15)16(18-17)13-9-8-12(3)10-13/h4-7,11-13,16,18H,8-10,17H2,1-3H3. The van der Waals surface area contributed by atoms with Crippen molar-refractivity contribution in [1.82, 2.24) is 5.43 Å². The second-order valence-electron chi connectivity index (χ2n) is 6.03. The molecule has 0 radical (unpaired) electrons. The van der Waals surface area contributed by atoms with E-state index in [4.69, 9.17) is 10.6 Å². The average molecular weight is 262 g/mol. The van der Waals surface area contributed by atoms with Crippen molar-refractivity contribution >= 4 is 0 Å². The zero-order valence-corrected chi connectivity index (χ0v) is 12.2. The SMILES string of the molecule is CC1CCC(C(NN)c2ccccc2OC(C)C)C1. The fraction of sp³-hybridized carbons (Fsp3) is 0.625. The van der Waals surface area contributed by atoms with Gasteiger partial charge in [-0.05, 0) is 44.6 Å². The van der Waals surface area contributed by atoms with Gasteiger partial charge in [0.15, 0.2) is 0 Å². The molecule has 3 heteroatoms. The van der Waals surface area contributed by atoms with Crippen LogP contribution in [0.4, 0.5) is 0 Å². The van der Waals surface area contributed by atoms with Gasteiger partial charge in [-0.15, -0.1) is 0 Å². The van der Waals surface area contributed by atoms with E-state index in [-0.39, 0.29) is 12.1 Å². The number of hydrogen-bond donors (Lipinski definition) is 2. The smallest absolute Gasteiger partial charge is 0.124 e. The van der Waals surface area contributed by atoms with E-state index in [0.717, 1.165) is 11.7 Å². The monoisotopic (exact) mass is 262 g/mol. The van der Waals surface area contributed by atoms with Crippen molar-refractivity contribution < 1.29 is 4.74 Å². The molecule has 3 nitrogen and oxygen atoms in total. The molecule has 0 spiro atoms. The first-order valence-corrected chi connectivity index (χ1v) is 7.33. The Labute approximate surface area is 116 Å². The van der Waals surface area contributed by atoms with Crippen LogP contribution in [0.1, 0.15) is 51.6 Å². The van der Waals surface area contributed by atoms with Crippen LogP contribution in [-0.2, 0) is 0 Å². The van der Waals surface area contributed by atoms with Gasteiger partial charge in [0.2, 0.25) is 0 Å². The summed E-state index contributed by atoms with van der Waals surface area (Å²) in [5, 5.41) is 0. The van der Waals surface area contributed by atoms with Gasteiger partial charge >= 0.3 is 0 Å². The molecule has 0 saturated heterocycles. The first kappa shape index (κ1) is 14.4. The van der Waals surface area contributed by atoms with Gasteiger partial charge in [0, 0.05) is 5.56 Å². The van der Waals surface area contributed by atoms with E-state index in [2.05, 4.69) is 38.3 Å². The maximum Gasteiger partial charge on any atom is 0.124 e. The highest BCUT2D eigenvalue weighted by Crippen LogP contribution is 2.41. The summed E-state index contributed by atoms with van der Waals surface area (Å²) in [5.74, 6) is 8.20. The largest absolute Gasteiger partial charge is 0.491 e. The zero-order chi connectivity index (χ0) is 13.8. The van der Waals surface area contributed by atoms with Crippen LogP contribution in [0, 0.1) is 11.8 Å². The van der Waals surface area contributed by atoms with Gasteiger partial charge in [0.1, 0.15) is 5.75 Å².